The van der Waals surface area contributed by atoms with E-state index >= 15 is 0 Å². The van der Waals surface area contributed by atoms with E-state index in [2.05, 4.69) is 15.6 Å². The van der Waals surface area contributed by atoms with Crippen molar-refractivity contribution in [3.63, 3.8) is 0 Å². The fraction of sp³-hybridized carbons (Fsp3) is 0.316. The minimum atomic E-state index is -1.03. The Hall–Kier alpha value is -4.75. The molecule has 50 heavy (non-hydrogen) atoms. The zero-order chi connectivity index (χ0) is 35.3. The summed E-state index contributed by atoms with van der Waals surface area (Å²) in [6, 6.07) is 25.2. The molecule has 0 radical (unpaired) electrons. The summed E-state index contributed by atoms with van der Waals surface area (Å²) in [6.45, 7) is -0.0537. The van der Waals surface area contributed by atoms with E-state index in [4.69, 9.17) is 15.2 Å². The third kappa shape index (κ3) is 10.6. The predicted octanol–water partition coefficient (Wildman–Crippen LogP) is 7.11. The Kier molecular flexibility index (Phi) is 13.4. The van der Waals surface area contributed by atoms with Gasteiger partial charge >= 0.3 is 5.97 Å². The zero-order valence-corrected chi connectivity index (χ0v) is 28.4. The van der Waals surface area contributed by atoms with E-state index in [0.29, 0.717) is 53.5 Å². The Bertz CT molecular complexity index is 1740. The van der Waals surface area contributed by atoms with E-state index in [-0.39, 0.29) is 36.2 Å². The normalized spacial score (nSPS) is 17.2. The van der Waals surface area contributed by atoms with Gasteiger partial charge < -0.3 is 36.1 Å². The number of nitrogen functional groups attached to an aromatic ring is 1. The molecule has 1 saturated heterocycles. The molecule has 1 aromatic heterocycles. The van der Waals surface area contributed by atoms with E-state index < -0.39 is 12.3 Å². The van der Waals surface area contributed by atoms with E-state index in [1.54, 1.807) is 24.4 Å². The molecule has 12 heteroatoms. The van der Waals surface area contributed by atoms with Crippen LogP contribution in [0.5, 0.6) is 0 Å². The molecule has 1 aliphatic heterocycles. The van der Waals surface area contributed by atoms with Crippen LogP contribution in [-0.2, 0) is 25.7 Å². The molecule has 2 amide bonds. The van der Waals surface area contributed by atoms with Gasteiger partial charge in [-0.25, -0.2) is 9.78 Å². The average molecular weight is 699 g/mol. The topological polar surface area (TPSA) is 173 Å². The van der Waals surface area contributed by atoms with Crippen molar-refractivity contribution in [1.29, 1.82) is 0 Å². The second kappa shape index (κ2) is 18.3. The zero-order valence-electron chi connectivity index (χ0n) is 27.6. The first-order chi connectivity index (χ1) is 24.3. The molecule has 2 heterocycles. The standard InChI is InChI=1S/C38H42N4O7S/c39-31-9-5-6-10-32(31)42-35(45)12-4-2-1-3-11-34(44)41-28-19-17-27(18-20-28)38-48-29(24-50-36-30(37(46)47)8-7-21-40-36)22-33(49-38)26-15-13-25(23-43)14-16-26/h5-10,13-21,29,33,38,43H,1-4,11-12,22-24,39H2,(H,41,44)(H,42,45)(H,46,47)/t29-,33+,38+/m0/s1. The number of aromatic nitrogens is 1. The molecular formula is C38H42N4O7S. The highest BCUT2D eigenvalue weighted by Crippen LogP contribution is 2.39. The fourth-order valence-electron chi connectivity index (χ4n) is 5.56. The van der Waals surface area contributed by atoms with Crippen LogP contribution in [0.1, 0.15) is 84.4 Å². The lowest BCUT2D eigenvalue weighted by Crippen LogP contribution is -2.31. The average Bonchev–Trinajstić information content (AvgIpc) is 3.13. The number of nitrogens with zero attached hydrogens (tertiary/aromatic N) is 1. The molecule has 0 bridgehead atoms. The van der Waals surface area contributed by atoms with Crippen LogP contribution in [0.4, 0.5) is 17.1 Å². The number of thioether (sulfide) groups is 1. The number of carboxylic acid groups (broad SMARTS) is 1. The van der Waals surface area contributed by atoms with Crippen molar-refractivity contribution < 1.29 is 34.1 Å². The van der Waals surface area contributed by atoms with Gasteiger partial charge in [0, 0.05) is 42.5 Å². The maximum Gasteiger partial charge on any atom is 0.338 e. The van der Waals surface area contributed by atoms with Gasteiger partial charge in [0.05, 0.1) is 35.8 Å². The lowest BCUT2D eigenvalue weighted by atomic mass is 10.0. The number of nitrogens with two attached hydrogens (primary N) is 1. The molecule has 3 aromatic carbocycles. The van der Waals surface area contributed by atoms with Gasteiger partial charge in [0.2, 0.25) is 11.8 Å². The fourth-order valence-corrected chi connectivity index (χ4v) is 6.56. The van der Waals surface area contributed by atoms with Crippen molar-refractivity contribution in [2.24, 2.45) is 0 Å². The largest absolute Gasteiger partial charge is 0.478 e. The molecule has 262 valence electrons. The lowest BCUT2D eigenvalue weighted by Gasteiger charge is -2.36. The van der Waals surface area contributed by atoms with E-state index in [1.807, 2.05) is 60.7 Å². The molecule has 0 unspecified atom stereocenters. The van der Waals surface area contributed by atoms with Crippen LogP contribution in [0.15, 0.2) is 96.2 Å². The number of para-hydroxylation sites is 2. The number of carbonyl (C=O) groups excluding carboxylic acids is 2. The minimum absolute atomic E-state index is 0.0537. The van der Waals surface area contributed by atoms with Gasteiger partial charge in [-0.1, -0.05) is 61.4 Å². The number of hydrogen-bond acceptors (Lipinski definition) is 9. The molecule has 1 fully saturated rings. The number of carboxylic acids is 1. The minimum Gasteiger partial charge on any atom is -0.478 e. The molecule has 5 rings (SSSR count). The summed E-state index contributed by atoms with van der Waals surface area (Å²) in [5.74, 6) is -0.730. The molecule has 6 N–H and O–H groups in total. The number of hydrogen-bond donors (Lipinski definition) is 5. The van der Waals surface area contributed by atoms with Crippen molar-refractivity contribution in [3.8, 4) is 0 Å². The van der Waals surface area contributed by atoms with Crippen LogP contribution in [0.3, 0.4) is 0 Å². The second-order valence-corrected chi connectivity index (χ2v) is 13.1. The van der Waals surface area contributed by atoms with Crippen LogP contribution in [0, 0.1) is 0 Å². The van der Waals surface area contributed by atoms with Crippen LogP contribution in [-0.4, -0.2) is 44.8 Å². The molecule has 4 aromatic rings. The highest BCUT2D eigenvalue weighted by atomic mass is 32.2. The number of ether oxygens (including phenoxy) is 2. The highest BCUT2D eigenvalue weighted by molar-refractivity contribution is 7.99. The smallest absolute Gasteiger partial charge is 0.338 e. The number of unbranched alkanes of at least 4 members (excludes halogenated alkanes) is 3. The summed E-state index contributed by atoms with van der Waals surface area (Å²) in [5.41, 5.74) is 10.4. The summed E-state index contributed by atoms with van der Waals surface area (Å²) in [5, 5.41) is 25.3. The monoisotopic (exact) mass is 698 g/mol. The SMILES string of the molecule is Nc1ccccc1NC(=O)CCCCCCC(=O)Nc1ccc([C@@H]2O[C@H](CSc3ncccc3C(=O)O)C[C@H](c3ccc(CO)cc3)O2)cc1. The summed E-state index contributed by atoms with van der Waals surface area (Å²) in [6.07, 6.45) is 4.74. The maximum absolute atomic E-state index is 12.6. The molecule has 3 atom stereocenters. The third-order valence-electron chi connectivity index (χ3n) is 8.28. The van der Waals surface area contributed by atoms with Gasteiger partial charge in [-0.2, -0.15) is 0 Å². The summed E-state index contributed by atoms with van der Waals surface area (Å²) < 4.78 is 12.8. The Morgan fingerprint density at radius 2 is 1.50 bits per heavy atom. The highest BCUT2D eigenvalue weighted by Gasteiger charge is 2.32. The Labute approximate surface area is 295 Å². The van der Waals surface area contributed by atoms with Gasteiger partial charge in [0.1, 0.15) is 5.03 Å². The van der Waals surface area contributed by atoms with Gasteiger partial charge in [-0.3, -0.25) is 9.59 Å². The number of pyridine rings is 1. The van der Waals surface area contributed by atoms with Gasteiger partial charge in [0.15, 0.2) is 6.29 Å². The van der Waals surface area contributed by atoms with Crippen molar-refractivity contribution in [2.45, 2.75) is 75.1 Å². The number of nitrogens with one attached hydrogen (secondary N) is 2. The predicted molar refractivity (Wildman–Crippen MR) is 193 cm³/mol. The Morgan fingerprint density at radius 1 is 0.820 bits per heavy atom. The number of aliphatic hydroxyl groups is 1. The molecule has 0 aliphatic carbocycles. The first-order valence-corrected chi connectivity index (χ1v) is 17.6. The molecule has 1 aliphatic rings. The number of benzene rings is 3. The van der Waals surface area contributed by atoms with E-state index in [1.165, 1.54) is 17.8 Å². The summed E-state index contributed by atoms with van der Waals surface area (Å²) >= 11 is 1.33. The third-order valence-corrected chi connectivity index (χ3v) is 9.42. The van der Waals surface area contributed by atoms with Crippen molar-refractivity contribution in [1.82, 2.24) is 4.98 Å². The Balaban J connectivity index is 1.11. The van der Waals surface area contributed by atoms with Gasteiger partial charge in [-0.15, -0.1) is 11.8 Å². The number of aliphatic hydroxyl groups excluding tert-OH is 1. The number of rotatable bonds is 16. The van der Waals surface area contributed by atoms with E-state index in [9.17, 15) is 24.6 Å². The first kappa shape index (κ1) is 36.5. The summed E-state index contributed by atoms with van der Waals surface area (Å²) in [4.78, 5) is 40.8. The van der Waals surface area contributed by atoms with Crippen LogP contribution in [0.25, 0.3) is 0 Å². The lowest BCUT2D eigenvalue weighted by molar-refractivity contribution is -0.245. The van der Waals surface area contributed by atoms with Crippen LogP contribution < -0.4 is 16.4 Å². The second-order valence-electron chi connectivity index (χ2n) is 12.0. The molecule has 0 spiro atoms. The maximum atomic E-state index is 12.6. The summed E-state index contributed by atoms with van der Waals surface area (Å²) in [7, 11) is 0. The van der Waals surface area contributed by atoms with Crippen molar-refractivity contribution in [2.75, 3.05) is 22.1 Å². The number of aromatic carboxylic acids is 1. The molecular weight excluding hydrogens is 657 g/mol. The number of anilines is 3. The number of carbonyl (C=O) groups is 3. The van der Waals surface area contributed by atoms with Gasteiger partial charge in [-0.05, 0) is 60.4 Å². The van der Waals surface area contributed by atoms with Crippen LogP contribution >= 0.6 is 11.8 Å². The van der Waals surface area contributed by atoms with E-state index in [0.717, 1.165) is 36.0 Å². The first-order valence-electron chi connectivity index (χ1n) is 16.6. The van der Waals surface area contributed by atoms with Gasteiger partial charge in [0.25, 0.3) is 0 Å². The number of amides is 2. The van der Waals surface area contributed by atoms with Crippen LogP contribution in [0.2, 0.25) is 0 Å². The van der Waals surface area contributed by atoms with Crippen molar-refractivity contribution in [3.05, 3.63) is 113 Å². The van der Waals surface area contributed by atoms with Crippen molar-refractivity contribution >= 4 is 46.6 Å². The Morgan fingerprint density at radius 3 is 2.18 bits per heavy atom. The molecule has 11 nitrogen and oxygen atoms in total. The molecule has 0 saturated carbocycles. The quantitative estimate of drug-likeness (QED) is 0.0461.